The van der Waals surface area contributed by atoms with Gasteiger partial charge in [0.15, 0.2) is 12.1 Å². The molecule has 0 saturated heterocycles. The number of carbonyl (C=O) groups is 1. The molecule has 3 radical (unpaired) electrons. The minimum Gasteiger partial charge on any atom is -0.496 e. The number of nitrogens with one attached hydrogen (secondary N) is 4. The molecular formula is C60H85BBr4Cl4F3N10O6. The molecule has 491 valence electrons. The second-order valence-corrected chi connectivity index (χ2v) is 21.9. The number of anilines is 1. The number of hydrazine groups is 1. The minimum atomic E-state index is -1.61. The molecule has 0 aliphatic carbocycles. The second-order valence-electron chi connectivity index (χ2n) is 17.7. The Hall–Kier alpha value is -4.83. The summed E-state index contributed by atoms with van der Waals surface area (Å²) in [7, 11) is 12.9. The Morgan fingerprint density at radius 3 is 1.48 bits per heavy atom. The topological polar surface area (TPSA) is 217 Å². The summed E-state index contributed by atoms with van der Waals surface area (Å²) in [4.78, 5) is 10.3. The van der Waals surface area contributed by atoms with Gasteiger partial charge in [0.1, 0.15) is 45.1 Å². The number of hydrogen-bond acceptors (Lipinski definition) is 15. The van der Waals surface area contributed by atoms with E-state index in [1.807, 2.05) is 48.1 Å². The zero-order chi connectivity index (χ0) is 65.2. The van der Waals surface area contributed by atoms with Crippen LogP contribution < -0.4 is 52.1 Å². The maximum Gasteiger partial charge on any atom is 0.266 e. The van der Waals surface area contributed by atoms with Crippen LogP contribution in [0.5, 0.6) is 23.0 Å². The average molecular weight is 1570 g/mol. The summed E-state index contributed by atoms with van der Waals surface area (Å²) in [5.74, 6) is 6.20. The van der Waals surface area contributed by atoms with Crippen molar-refractivity contribution in [2.24, 2.45) is 28.8 Å². The van der Waals surface area contributed by atoms with Gasteiger partial charge in [0.25, 0.3) is 3.25 Å². The van der Waals surface area contributed by atoms with Gasteiger partial charge < -0.3 is 46.0 Å². The van der Waals surface area contributed by atoms with Crippen LogP contribution in [0.4, 0.5) is 19.0 Å². The van der Waals surface area contributed by atoms with Crippen LogP contribution in [0, 0.1) is 17.5 Å². The molecule has 0 spiro atoms. The van der Waals surface area contributed by atoms with Gasteiger partial charge in [-0.15, -0.1) is 17.0 Å². The van der Waals surface area contributed by atoms with Crippen LogP contribution in [0.25, 0.3) is 10.9 Å². The molecule has 7 aromatic rings. The number of methoxy groups -OCH3 is 4. The van der Waals surface area contributed by atoms with Crippen molar-refractivity contribution < 1.29 is 43.4 Å². The third-order valence-electron chi connectivity index (χ3n) is 10.9. The van der Waals surface area contributed by atoms with Gasteiger partial charge in [-0.05, 0) is 89.6 Å². The summed E-state index contributed by atoms with van der Waals surface area (Å²) >= 11 is 28.0. The van der Waals surface area contributed by atoms with Crippen LogP contribution in [0.3, 0.4) is 0 Å². The van der Waals surface area contributed by atoms with Gasteiger partial charge in [0.2, 0.25) is 0 Å². The number of hydrazone groups is 2. The second kappa shape index (κ2) is 51.9. The number of rotatable bonds is 15. The van der Waals surface area contributed by atoms with E-state index in [0.29, 0.717) is 40.1 Å². The first-order valence-electron chi connectivity index (χ1n) is 25.3. The van der Waals surface area contributed by atoms with E-state index in [-0.39, 0.29) is 74.6 Å². The first kappa shape index (κ1) is 91.9. The maximum atomic E-state index is 13.4. The molecule has 0 aliphatic heterocycles. The molecule has 0 saturated carbocycles. The highest BCUT2D eigenvalue weighted by atomic mass is 80.9. The van der Waals surface area contributed by atoms with Crippen molar-refractivity contribution in [3.05, 3.63) is 179 Å². The molecule has 1 aromatic heterocycles. The van der Waals surface area contributed by atoms with Crippen LogP contribution in [0.1, 0.15) is 76.1 Å². The Kier molecular flexibility index (Phi) is 54.2. The van der Waals surface area contributed by atoms with Crippen molar-refractivity contribution in [2.75, 3.05) is 74.6 Å². The molecule has 0 bridgehead atoms. The Balaban J connectivity index is -0.000000233. The summed E-state index contributed by atoms with van der Waals surface area (Å²) in [6, 6.07) is 40.4. The zero-order valence-corrected chi connectivity index (χ0v) is 60.2. The lowest BCUT2D eigenvalue weighted by Gasteiger charge is -2.25. The molecule has 0 amide bonds. The van der Waals surface area contributed by atoms with Gasteiger partial charge in [-0.25, -0.2) is 13.2 Å². The number of aromatic nitrogens is 2. The van der Waals surface area contributed by atoms with E-state index < -0.39 is 9.07 Å². The first-order valence-corrected chi connectivity index (χ1v) is 31.3. The minimum absolute atomic E-state index is 0. The molecule has 28 heteroatoms. The summed E-state index contributed by atoms with van der Waals surface area (Å²) in [5, 5.41) is 24.3. The number of aryl methyl sites for hydroxylation is 1. The van der Waals surface area contributed by atoms with Gasteiger partial charge in [-0.1, -0.05) is 166 Å². The number of alkyl halides is 4. The average Bonchev–Trinajstić information content (AvgIpc) is 3.07. The fraction of sp³-hybridized carbons (Fsp3) is 0.333. The van der Waals surface area contributed by atoms with Gasteiger partial charge >= 0.3 is 0 Å². The number of aldehydes is 1. The Morgan fingerprint density at radius 2 is 1.08 bits per heavy atom. The highest BCUT2D eigenvalue weighted by Gasteiger charge is 2.22. The SMILES string of the molecule is Br.BrBr.C.CC(C)(CN)c1ccccc1.CCO.CN/N=C(\Br)c1c(F)cccc1OC.CN/N=C/c1c(F)cccc1OC.CNN.COc1cccc(F)c1C=O.COc1cccc2c1c(NCC(C)(C)c1ccccc1)nn2C.ClC(Cl)(Cl)Cl.[2HH].[B]. The Bertz CT molecular complexity index is 3000. The lowest BCUT2D eigenvalue weighted by molar-refractivity contribution is 0.111. The molecule has 7 rings (SSSR count). The van der Waals surface area contributed by atoms with Crippen molar-refractivity contribution >= 4 is 150 Å². The van der Waals surface area contributed by atoms with Crippen molar-refractivity contribution in [1.29, 1.82) is 0 Å². The third-order valence-corrected chi connectivity index (χ3v) is 11.5. The predicted octanol–water partition coefficient (Wildman–Crippen LogP) is 15.4. The maximum absolute atomic E-state index is 13.4. The molecule has 6 aromatic carbocycles. The fourth-order valence-corrected chi connectivity index (χ4v) is 7.23. The largest absolute Gasteiger partial charge is 0.496 e. The van der Waals surface area contributed by atoms with E-state index in [4.69, 9.17) is 76.2 Å². The van der Waals surface area contributed by atoms with Gasteiger partial charge in [0.05, 0.1) is 62.2 Å². The quantitative estimate of drug-likeness (QED) is 0.0127. The highest BCUT2D eigenvalue weighted by molar-refractivity contribution is 9.93. The van der Waals surface area contributed by atoms with Crippen LogP contribution in [-0.4, -0.2) is 113 Å². The van der Waals surface area contributed by atoms with Crippen LogP contribution >= 0.6 is 108 Å². The number of aliphatic hydroxyl groups excluding tert-OH is 1. The van der Waals surface area contributed by atoms with E-state index in [1.165, 1.54) is 69.0 Å². The molecular weight excluding hydrogens is 1490 g/mol. The molecule has 9 N–H and O–H groups in total. The number of hydrogen-bond donors (Lipinski definition) is 7. The zero-order valence-electron chi connectivity index (χ0n) is 50.7. The number of carbonyl (C=O) groups excluding carboxylic acids is 1. The number of fused-ring (bicyclic) bond motifs is 1. The van der Waals surface area contributed by atoms with E-state index in [0.717, 1.165) is 29.0 Å². The molecule has 0 atom stereocenters. The number of nitrogens with two attached hydrogens (primary N) is 2. The fourth-order valence-electron chi connectivity index (χ4n) is 6.67. The number of halogens is 11. The van der Waals surface area contributed by atoms with Gasteiger partial charge in [-0.3, -0.25) is 20.7 Å². The number of aliphatic hydroxyl groups is 1. The first-order chi connectivity index (χ1) is 40.3. The number of nitrogens with zero attached hydrogens (tertiary/aromatic N) is 4. The van der Waals surface area contributed by atoms with Crippen molar-refractivity contribution in [1.82, 2.24) is 26.1 Å². The van der Waals surface area contributed by atoms with Gasteiger partial charge in [-0.2, -0.15) is 15.3 Å². The summed E-state index contributed by atoms with van der Waals surface area (Å²) in [5.41, 5.74) is 17.4. The number of benzene rings is 6. The van der Waals surface area contributed by atoms with E-state index in [1.54, 1.807) is 59.4 Å². The molecule has 0 fully saturated rings. The Labute approximate surface area is 576 Å². The van der Waals surface area contributed by atoms with Crippen molar-refractivity contribution in [2.45, 2.75) is 56.1 Å². The lowest BCUT2D eigenvalue weighted by Crippen LogP contribution is -2.27. The molecule has 0 aliphatic rings. The smallest absolute Gasteiger partial charge is 0.266 e. The van der Waals surface area contributed by atoms with E-state index >= 15 is 0 Å². The Morgan fingerprint density at radius 1 is 0.693 bits per heavy atom. The molecule has 1 heterocycles. The van der Waals surface area contributed by atoms with E-state index in [2.05, 4.69) is 157 Å². The lowest BCUT2D eigenvalue weighted by atomic mass is 9.84. The highest BCUT2D eigenvalue weighted by Crippen LogP contribution is 2.33. The van der Waals surface area contributed by atoms with Gasteiger partial charge in [0, 0.05) is 89.8 Å². The molecule has 16 nitrogen and oxygen atoms in total. The van der Waals surface area contributed by atoms with Crippen molar-refractivity contribution in [3.8, 4) is 23.0 Å². The standard InChI is InChI=1S/C19H23N3O.C10H15N.C9H10BrFN2O.C9H11FN2O.C8H7FO2.C2H6O.CCl4.CH6N2.CH4.B.Br2.BrH.H2/c1-19(2,14-9-6-5-7-10-14)13-20-18-17-15(22(3)21-18)11-8-12-16(17)23-4;1-10(2,8-11)9-6-4-3-5-7-9;1-12-13-9(10)8-6(11)4-3-5-7(8)14-2;1-11-12-6-7-8(10)4-3-5-9(7)13-2;1-11-8-4-2-3-7(9)6(8)5-10;1-2-3;2-1(3,4)5;1-3-2;;;1-2;;/h5-12H,13H2,1-4H3,(H,20,21);3-7H,8,11H2,1-2H3;3-5,12H,1-2H3;3-6,11H,1-2H3;2-5H,1H3;3H,2H2,1H3;;3H,2H2,1H3;1H4;;;2*1H/b;;13-9-;12-6+;;;;;;;;;/i;;;;;;;;;;;;1+1. The van der Waals surface area contributed by atoms with Crippen LogP contribution in [0.2, 0.25) is 0 Å². The van der Waals surface area contributed by atoms with Crippen LogP contribution in [0.15, 0.2) is 144 Å². The summed E-state index contributed by atoms with van der Waals surface area (Å²) < 4.78 is 60.2. The normalized spacial score (nSPS) is 10.1. The van der Waals surface area contributed by atoms with Crippen LogP contribution in [-0.2, 0) is 17.9 Å². The van der Waals surface area contributed by atoms with Crippen molar-refractivity contribution in [3.63, 3.8) is 0 Å². The monoisotopic (exact) mass is 1570 g/mol. The third kappa shape index (κ3) is 35.5. The van der Waals surface area contributed by atoms with E-state index in [9.17, 15) is 18.0 Å². The predicted molar refractivity (Wildman–Crippen MR) is 384 cm³/mol. The number of ether oxygens (including phenoxy) is 4. The summed E-state index contributed by atoms with van der Waals surface area (Å²) in [6.07, 6.45) is 1.82. The molecule has 88 heavy (non-hydrogen) atoms. The summed E-state index contributed by atoms with van der Waals surface area (Å²) in [6.45, 7) is 12.2. The molecule has 0 unspecified atom stereocenters.